The van der Waals surface area contributed by atoms with E-state index in [4.69, 9.17) is 20.9 Å². The third-order valence-corrected chi connectivity index (χ3v) is 5.27. The lowest BCUT2D eigenvalue weighted by Crippen LogP contribution is -3.16. The number of amides is 1. The lowest BCUT2D eigenvalue weighted by molar-refractivity contribution is -0.906. The van der Waals surface area contributed by atoms with Crippen molar-refractivity contribution < 1.29 is 72.6 Å². The minimum absolute atomic E-state index is 0. The van der Waals surface area contributed by atoms with Gasteiger partial charge in [0.2, 0.25) is 0 Å². The number of ether oxygens (including phenoxy) is 2. The summed E-state index contributed by atoms with van der Waals surface area (Å²) >= 11 is 0. The number of hydrogen-bond acceptors (Lipinski definition) is 3. The molecule has 0 saturated carbocycles. The average molecular weight is 518 g/mol. The Bertz CT molecular complexity index is 703. The third-order valence-electron chi connectivity index (χ3n) is 5.27. The summed E-state index contributed by atoms with van der Waals surface area (Å²) in [7, 11) is 0. The highest BCUT2D eigenvalue weighted by atomic mass is 35.5. The van der Waals surface area contributed by atoms with Gasteiger partial charge in [0.05, 0.1) is 32.7 Å². The van der Waals surface area contributed by atoms with Crippen LogP contribution in [0.15, 0.2) is 24.3 Å². The monoisotopic (exact) mass is 516 g/mol. The van der Waals surface area contributed by atoms with Crippen LogP contribution in [-0.2, 0) is 4.79 Å². The zero-order valence-electron chi connectivity index (χ0n) is 18.0. The number of para-hydroxylation sites is 2. The predicted octanol–water partition coefficient (Wildman–Crippen LogP) is -14.5. The molecule has 186 valence electrons. The number of fused-ring (bicyclic) bond motifs is 1. The molecule has 0 bridgehead atoms. The van der Waals surface area contributed by atoms with Gasteiger partial charge in [-0.2, -0.15) is 0 Å². The van der Waals surface area contributed by atoms with E-state index >= 15 is 0 Å². The van der Waals surface area contributed by atoms with E-state index in [1.807, 2.05) is 29.2 Å². The smallest absolute Gasteiger partial charge is 0.338 e. The second kappa shape index (κ2) is 16.0. The second-order valence-electron chi connectivity index (χ2n) is 7.50. The fourth-order valence-corrected chi connectivity index (χ4v) is 3.70. The van der Waals surface area contributed by atoms with Crippen LogP contribution in [0.25, 0.3) is 0 Å². The van der Waals surface area contributed by atoms with Crippen molar-refractivity contribution in [1.29, 1.82) is 0 Å². The van der Waals surface area contributed by atoms with Crippen molar-refractivity contribution in [2.75, 3.05) is 45.9 Å². The molecule has 3 rings (SSSR count). The fourth-order valence-electron chi connectivity index (χ4n) is 3.70. The Morgan fingerprint density at radius 3 is 2.44 bits per heavy atom. The molecule has 1 fully saturated rings. The van der Waals surface area contributed by atoms with Crippen LogP contribution >= 0.6 is 0 Å². The maximum Gasteiger partial charge on any atom is 0.338 e. The molecule has 0 radical (unpaired) electrons. The first-order chi connectivity index (χ1) is 13.5. The molecule has 0 spiro atoms. The summed E-state index contributed by atoms with van der Waals surface area (Å²) in [5.74, 6) is 1.97. The quantitative estimate of drug-likeness (QED) is 0.137. The van der Waals surface area contributed by atoms with Crippen LogP contribution in [0.1, 0.15) is 12.8 Å². The molecule has 2 aliphatic heterocycles. The molecule has 1 amide bonds. The van der Waals surface area contributed by atoms with Gasteiger partial charge in [-0.3, -0.25) is 21.3 Å². The van der Waals surface area contributed by atoms with E-state index in [1.165, 1.54) is 4.90 Å². The van der Waals surface area contributed by atoms with E-state index in [0.717, 1.165) is 57.1 Å². The Hall–Kier alpha value is -1.69. The Kier molecular flexibility index (Phi) is 16.3. The van der Waals surface area contributed by atoms with Gasteiger partial charge in [0.1, 0.15) is 13.2 Å². The van der Waals surface area contributed by atoms with Gasteiger partial charge < -0.3 is 67.7 Å². The normalized spacial score (nSPS) is 17.9. The van der Waals surface area contributed by atoms with Crippen molar-refractivity contribution in [2.24, 2.45) is 11.5 Å². The van der Waals surface area contributed by atoms with Crippen LogP contribution in [0.5, 0.6) is 11.5 Å². The van der Waals surface area contributed by atoms with Gasteiger partial charge in [-0.15, -0.1) is 0 Å². The Labute approximate surface area is 207 Å². The molecule has 2 aliphatic rings. The number of halogens is 3. The van der Waals surface area contributed by atoms with E-state index in [9.17, 15) is 4.79 Å². The Morgan fingerprint density at radius 2 is 1.81 bits per heavy atom. The van der Waals surface area contributed by atoms with Gasteiger partial charge in [0, 0.05) is 6.42 Å². The van der Waals surface area contributed by atoms with Gasteiger partial charge in [-0.1, -0.05) is 12.1 Å². The largest absolute Gasteiger partial charge is 1.00 e. The van der Waals surface area contributed by atoms with Crippen LogP contribution in [-0.4, -0.2) is 80.3 Å². The summed E-state index contributed by atoms with van der Waals surface area (Å²) in [6.45, 7) is 5.46. The van der Waals surface area contributed by atoms with E-state index in [1.54, 1.807) is 0 Å². The number of nitrogens with one attached hydrogen (secondary N) is 2. The molecule has 32 heavy (non-hydrogen) atoms. The second-order valence-corrected chi connectivity index (χ2v) is 7.50. The summed E-state index contributed by atoms with van der Waals surface area (Å²) in [4.78, 5) is 18.8. The summed E-state index contributed by atoms with van der Waals surface area (Å²) < 4.78 is 11.9. The summed E-state index contributed by atoms with van der Waals surface area (Å²) in [5.41, 5.74) is 14.8. The highest BCUT2D eigenvalue weighted by molar-refractivity contribution is 5.80. The lowest BCUT2D eigenvalue weighted by atomic mass is 10.1. The molecule has 2 unspecified atom stereocenters. The number of carbonyl (C=O) groups is 1. The van der Waals surface area contributed by atoms with Gasteiger partial charge in [-0.05, 0) is 18.6 Å². The Morgan fingerprint density at radius 1 is 1.19 bits per heavy atom. The van der Waals surface area contributed by atoms with E-state index in [0.29, 0.717) is 13.2 Å². The van der Waals surface area contributed by atoms with Crippen molar-refractivity contribution in [2.45, 2.75) is 25.0 Å². The average Bonchev–Trinajstić information content (AvgIpc) is 2.71. The minimum atomic E-state index is -0.228. The number of carbonyl (C=O) groups excluding carboxylic acids is 1. The standard InChI is InChI=1S/C19H30N6O3.3ClH.H2O/c20-15(4-3-7-23-19(21)22)18(26)25-10-8-24(9-11-25)12-14-13-27-16-5-1-2-6-17(16)28-14;;;;/h1-2,5-6,14-15H,3-4,7-13,20H2,(H4,21,22,23);3*1H;1H2. The van der Waals surface area contributed by atoms with E-state index in [2.05, 4.69) is 10.7 Å². The highest BCUT2D eigenvalue weighted by Gasteiger charge is 2.31. The number of nitrogens with two attached hydrogens (primary N) is 2. The summed E-state index contributed by atoms with van der Waals surface area (Å²) in [6.07, 6.45) is 1.58. The van der Waals surface area contributed by atoms with Gasteiger partial charge >= 0.3 is 5.96 Å². The molecule has 0 aromatic heterocycles. The molecule has 10 nitrogen and oxygen atoms in total. The van der Waals surface area contributed by atoms with E-state index in [-0.39, 0.29) is 66.7 Å². The number of quaternary nitrogens is 2. The van der Waals surface area contributed by atoms with Crippen molar-refractivity contribution >= 4 is 11.9 Å². The molecule has 11 N–H and O–H groups in total. The lowest BCUT2D eigenvalue weighted by Gasteiger charge is -2.35. The van der Waals surface area contributed by atoms with Crippen molar-refractivity contribution in [3.63, 3.8) is 0 Å². The van der Waals surface area contributed by atoms with E-state index < -0.39 is 0 Å². The SMILES string of the molecule is NC(N)=[NH+]CCCC([NH3+])C(=O)N1CC[NH+](CC2COc3ccccc3O2)CC1.O.[Cl-].[Cl-].[Cl-]. The first kappa shape index (κ1) is 32.5. The maximum absolute atomic E-state index is 12.6. The zero-order chi connectivity index (χ0) is 19.9. The first-order valence-electron chi connectivity index (χ1n) is 9.98. The van der Waals surface area contributed by atoms with Gasteiger partial charge in [0.25, 0.3) is 5.91 Å². The number of benzene rings is 1. The number of guanidine groups is 1. The number of rotatable bonds is 7. The van der Waals surface area contributed by atoms with Gasteiger partial charge in [-0.25, -0.2) is 0 Å². The van der Waals surface area contributed by atoms with Crippen molar-refractivity contribution in [3.8, 4) is 11.5 Å². The topological polar surface area (TPSA) is 168 Å². The summed E-state index contributed by atoms with van der Waals surface area (Å²) in [6, 6.07) is 7.54. The fraction of sp³-hybridized carbons (Fsp3) is 0.579. The predicted molar refractivity (Wildman–Crippen MR) is 107 cm³/mol. The molecular formula is C19H35Cl3N6O4. The van der Waals surface area contributed by atoms with Crippen LogP contribution < -0.4 is 73.8 Å². The maximum atomic E-state index is 12.6. The van der Waals surface area contributed by atoms with Gasteiger partial charge in [0.15, 0.2) is 23.6 Å². The number of piperazine rings is 1. The van der Waals surface area contributed by atoms with Crippen LogP contribution in [0, 0.1) is 0 Å². The zero-order valence-corrected chi connectivity index (χ0v) is 20.3. The molecule has 2 heterocycles. The summed E-state index contributed by atoms with van der Waals surface area (Å²) in [5, 5.41) is 0. The third kappa shape index (κ3) is 9.43. The van der Waals surface area contributed by atoms with Crippen molar-refractivity contribution in [1.82, 2.24) is 4.90 Å². The van der Waals surface area contributed by atoms with Crippen LogP contribution in [0.2, 0.25) is 0 Å². The molecule has 2 atom stereocenters. The highest BCUT2D eigenvalue weighted by Crippen LogP contribution is 2.30. The Balaban J connectivity index is 0. The minimum Gasteiger partial charge on any atom is -1.00 e. The molecule has 13 heteroatoms. The van der Waals surface area contributed by atoms with Crippen LogP contribution in [0.4, 0.5) is 0 Å². The van der Waals surface area contributed by atoms with Crippen molar-refractivity contribution in [3.05, 3.63) is 24.3 Å². The molecule has 1 aromatic rings. The van der Waals surface area contributed by atoms with Crippen LogP contribution in [0.3, 0.4) is 0 Å². The molecule has 0 aliphatic carbocycles. The number of nitrogens with zero attached hydrogens (tertiary/aromatic N) is 1. The first-order valence-corrected chi connectivity index (χ1v) is 9.98. The number of hydrogen-bond donors (Lipinski definition) is 5. The molecule has 1 aromatic carbocycles. The molecular weight excluding hydrogens is 483 g/mol. The molecule has 1 saturated heterocycles.